The van der Waals surface area contributed by atoms with Gasteiger partial charge in [0.1, 0.15) is 35.6 Å². The average Bonchev–Trinajstić information content (AvgIpc) is 3.68. The highest BCUT2D eigenvalue weighted by Gasteiger charge is 2.49. The van der Waals surface area contributed by atoms with Gasteiger partial charge >= 0.3 is 6.01 Å². The molecule has 10 nitrogen and oxygen atoms in total. The lowest BCUT2D eigenvalue weighted by Gasteiger charge is -2.37. The van der Waals surface area contributed by atoms with Crippen LogP contribution in [0.1, 0.15) is 43.6 Å². The minimum absolute atomic E-state index is 0.00542. The van der Waals surface area contributed by atoms with E-state index in [-0.39, 0.29) is 35.8 Å². The van der Waals surface area contributed by atoms with Crippen molar-refractivity contribution in [2.24, 2.45) is 0 Å². The van der Waals surface area contributed by atoms with E-state index in [1.807, 2.05) is 41.1 Å². The van der Waals surface area contributed by atoms with Crippen LogP contribution >= 0.6 is 11.6 Å². The van der Waals surface area contributed by atoms with E-state index in [2.05, 4.69) is 24.8 Å². The number of likely N-dealkylation sites (tertiary alicyclic amines) is 1. The number of piperidine rings is 1. The summed E-state index contributed by atoms with van der Waals surface area (Å²) in [6.45, 7) is 4.31. The van der Waals surface area contributed by atoms with E-state index >= 15 is 4.39 Å². The zero-order chi connectivity index (χ0) is 36.0. The van der Waals surface area contributed by atoms with Crippen molar-refractivity contribution in [1.82, 2.24) is 34.7 Å². The molecule has 3 aromatic heterocycles. The summed E-state index contributed by atoms with van der Waals surface area (Å²) in [5.41, 5.74) is 1.01. The summed E-state index contributed by atoms with van der Waals surface area (Å²) < 4.78 is 37.7. The molecule has 6 heterocycles. The summed E-state index contributed by atoms with van der Waals surface area (Å²) in [7, 11) is 1.92. The number of fused-ring (bicyclic) bond motifs is 3. The van der Waals surface area contributed by atoms with E-state index in [1.165, 1.54) is 0 Å². The van der Waals surface area contributed by atoms with Gasteiger partial charge < -0.3 is 14.5 Å². The van der Waals surface area contributed by atoms with Gasteiger partial charge in [-0.3, -0.25) is 14.7 Å². The van der Waals surface area contributed by atoms with E-state index in [4.69, 9.17) is 21.3 Å². The molecular weight excluding hydrogens is 686 g/mol. The van der Waals surface area contributed by atoms with Crippen molar-refractivity contribution in [3.63, 3.8) is 0 Å². The molecule has 8 rings (SSSR count). The molecule has 0 N–H and O–H groups in total. The maximum absolute atomic E-state index is 16.9. The Kier molecular flexibility index (Phi) is 9.21. The molecule has 5 aromatic rings. The molecule has 3 aliphatic rings. The lowest BCUT2D eigenvalue weighted by atomic mass is 9.95. The minimum atomic E-state index is -0.911. The number of hydrogen-bond acceptors (Lipinski definition) is 9. The molecule has 0 spiro atoms. The molecule has 0 bridgehead atoms. The van der Waals surface area contributed by atoms with Gasteiger partial charge in [0.15, 0.2) is 5.82 Å². The first kappa shape index (κ1) is 34.3. The van der Waals surface area contributed by atoms with Gasteiger partial charge in [-0.05, 0) is 62.7 Å². The van der Waals surface area contributed by atoms with Crippen LogP contribution in [0, 0.1) is 12.7 Å². The standard InChI is InChI=1S/C39H39ClF2N8O2/c1-24-43-16-12-27(45-24)10-11-32(51)49-18-13-28(14-19-49)48(2)37-30-21-44-35(29-8-3-6-25-7-4-9-31(40)33(25)29)34(42)36(30)46-38(47-37)52-23-39-15-5-17-50(39)22-26(41)20-39/h3-4,6-12,16,21,26,28H,5,13-15,17-20,22-23H2,1-2H3/b11-10+/t26-,39+/m1/s1. The zero-order valence-corrected chi connectivity index (χ0v) is 29.9. The van der Waals surface area contributed by atoms with E-state index in [9.17, 15) is 9.18 Å². The first-order chi connectivity index (χ1) is 25.2. The Morgan fingerprint density at radius 1 is 1.10 bits per heavy atom. The molecule has 3 fully saturated rings. The number of ether oxygens (including phenoxy) is 1. The third-order valence-electron chi connectivity index (χ3n) is 10.8. The SMILES string of the molecule is Cc1nccc(/C=C/C(=O)N2CCC(N(C)c3nc(OC[C@@]45CCCN4C[C@H](F)C5)nc4c(F)c(-c5cccc6cccc(Cl)c56)ncc34)CC2)n1. The van der Waals surface area contributed by atoms with Crippen molar-refractivity contribution in [2.75, 3.05) is 44.7 Å². The Morgan fingerprint density at radius 2 is 1.90 bits per heavy atom. The average molecular weight is 725 g/mol. The lowest BCUT2D eigenvalue weighted by Crippen LogP contribution is -2.45. The topological polar surface area (TPSA) is 100 Å². The number of alkyl halides is 1. The van der Waals surface area contributed by atoms with Gasteiger partial charge in [-0.25, -0.2) is 18.7 Å². The molecule has 52 heavy (non-hydrogen) atoms. The summed E-state index contributed by atoms with van der Waals surface area (Å²) in [4.78, 5) is 41.6. The van der Waals surface area contributed by atoms with Crippen LogP contribution in [0.25, 0.3) is 39.0 Å². The van der Waals surface area contributed by atoms with Crippen LogP contribution in [-0.2, 0) is 4.79 Å². The van der Waals surface area contributed by atoms with Crippen LogP contribution in [0.5, 0.6) is 6.01 Å². The van der Waals surface area contributed by atoms with E-state index < -0.39 is 17.5 Å². The highest BCUT2D eigenvalue weighted by molar-refractivity contribution is 6.36. The predicted octanol–water partition coefficient (Wildman–Crippen LogP) is 6.83. The molecule has 0 saturated carbocycles. The quantitative estimate of drug-likeness (QED) is 0.160. The monoisotopic (exact) mass is 724 g/mol. The number of halogens is 3. The molecule has 268 valence electrons. The van der Waals surface area contributed by atoms with Crippen molar-refractivity contribution >= 4 is 51.1 Å². The number of nitrogens with zero attached hydrogens (tertiary/aromatic N) is 8. The summed E-state index contributed by atoms with van der Waals surface area (Å²) in [5, 5.41) is 2.50. The molecule has 13 heteroatoms. The summed E-state index contributed by atoms with van der Waals surface area (Å²) in [5.74, 6) is 0.424. The smallest absolute Gasteiger partial charge is 0.319 e. The first-order valence-corrected chi connectivity index (χ1v) is 18.1. The molecule has 3 aliphatic heterocycles. The fourth-order valence-electron chi connectivity index (χ4n) is 8.16. The summed E-state index contributed by atoms with van der Waals surface area (Å²) in [6, 6.07) is 12.9. The molecule has 2 aromatic carbocycles. The van der Waals surface area contributed by atoms with Crippen LogP contribution in [0.4, 0.5) is 14.6 Å². The van der Waals surface area contributed by atoms with Crippen molar-refractivity contribution in [3.8, 4) is 17.3 Å². The Bertz CT molecular complexity index is 2190. The number of aromatic nitrogens is 5. The number of pyridine rings is 1. The van der Waals surface area contributed by atoms with Gasteiger partial charge in [0, 0.05) is 73.6 Å². The van der Waals surface area contributed by atoms with Gasteiger partial charge in [-0.2, -0.15) is 9.97 Å². The van der Waals surface area contributed by atoms with Crippen molar-refractivity contribution in [1.29, 1.82) is 0 Å². The molecule has 3 saturated heterocycles. The number of aryl methyl sites for hydroxylation is 1. The second-order valence-electron chi connectivity index (χ2n) is 14.0. The summed E-state index contributed by atoms with van der Waals surface area (Å²) in [6.07, 6.45) is 9.14. The van der Waals surface area contributed by atoms with Gasteiger partial charge in [0.2, 0.25) is 5.91 Å². The van der Waals surface area contributed by atoms with Gasteiger partial charge in [-0.1, -0.05) is 41.9 Å². The number of carbonyl (C=O) groups is 1. The maximum Gasteiger partial charge on any atom is 0.319 e. The number of benzene rings is 2. The van der Waals surface area contributed by atoms with E-state index in [1.54, 1.807) is 49.7 Å². The molecule has 0 radical (unpaired) electrons. The second kappa shape index (κ2) is 14.0. The Labute approximate surface area is 305 Å². The van der Waals surface area contributed by atoms with Crippen LogP contribution in [-0.4, -0.2) is 98.2 Å². The van der Waals surface area contributed by atoms with Crippen LogP contribution in [0.15, 0.2) is 60.9 Å². The van der Waals surface area contributed by atoms with Crippen LogP contribution in [0.2, 0.25) is 5.02 Å². The van der Waals surface area contributed by atoms with E-state index in [0.717, 1.165) is 24.8 Å². The number of rotatable bonds is 8. The molecular formula is C39H39ClF2N8O2. The predicted molar refractivity (Wildman–Crippen MR) is 198 cm³/mol. The Morgan fingerprint density at radius 3 is 2.71 bits per heavy atom. The Balaban J connectivity index is 1.11. The van der Waals surface area contributed by atoms with Crippen LogP contribution in [0.3, 0.4) is 0 Å². The highest BCUT2D eigenvalue weighted by Crippen LogP contribution is 2.41. The molecule has 0 unspecified atom stereocenters. The maximum atomic E-state index is 16.9. The lowest BCUT2D eigenvalue weighted by molar-refractivity contribution is -0.126. The van der Waals surface area contributed by atoms with Gasteiger partial charge in [0.25, 0.3) is 0 Å². The summed E-state index contributed by atoms with van der Waals surface area (Å²) >= 11 is 6.63. The minimum Gasteiger partial charge on any atom is -0.461 e. The molecule has 0 aliphatic carbocycles. The normalized spacial score (nSPS) is 21.0. The molecule has 1 amide bonds. The third kappa shape index (κ3) is 6.43. The Hall–Kier alpha value is -4.81. The number of amides is 1. The van der Waals surface area contributed by atoms with Crippen LogP contribution < -0.4 is 9.64 Å². The van der Waals surface area contributed by atoms with Gasteiger partial charge in [-0.15, -0.1) is 0 Å². The van der Waals surface area contributed by atoms with E-state index in [0.29, 0.717) is 77.6 Å². The largest absolute Gasteiger partial charge is 0.461 e. The van der Waals surface area contributed by atoms with Crippen molar-refractivity contribution in [3.05, 3.63) is 83.3 Å². The van der Waals surface area contributed by atoms with Gasteiger partial charge in [0.05, 0.1) is 16.6 Å². The first-order valence-electron chi connectivity index (χ1n) is 17.7. The van der Waals surface area contributed by atoms with Crippen molar-refractivity contribution in [2.45, 2.75) is 56.8 Å². The zero-order valence-electron chi connectivity index (χ0n) is 29.1. The van der Waals surface area contributed by atoms with Crippen molar-refractivity contribution < 1.29 is 18.3 Å². The highest BCUT2D eigenvalue weighted by atomic mass is 35.5. The third-order valence-corrected chi connectivity index (χ3v) is 11.2. The number of carbonyl (C=O) groups excluding carboxylic acids is 1. The fraction of sp³-hybridized carbons (Fsp3) is 0.385. The number of hydrogen-bond donors (Lipinski definition) is 0. The second-order valence-corrected chi connectivity index (χ2v) is 14.5. The molecule has 2 atom stereocenters. The fourth-order valence-corrected chi connectivity index (χ4v) is 8.44. The number of anilines is 1.